The molecule has 0 unspecified atom stereocenters. The molecule has 0 bridgehead atoms. The number of amides is 1. The molecule has 1 aliphatic carbocycles. The highest BCUT2D eigenvalue weighted by molar-refractivity contribution is 5.95. The fraction of sp³-hybridized carbons (Fsp3) is 0.316. The summed E-state index contributed by atoms with van der Waals surface area (Å²) in [5, 5.41) is 14.6. The first kappa shape index (κ1) is 32.2. The molecule has 9 nitrogen and oxygen atoms in total. The van der Waals surface area contributed by atoms with Crippen LogP contribution in [0.15, 0.2) is 85.2 Å². The molecule has 1 aliphatic rings. The summed E-state index contributed by atoms with van der Waals surface area (Å²) in [7, 11) is 3.10. The smallest absolute Gasteiger partial charge is 0.257 e. The number of carbonyl (C=O) groups is 1. The molecule has 0 N–H and O–H groups in total. The monoisotopic (exact) mass is 663 g/mol. The van der Waals surface area contributed by atoms with Gasteiger partial charge in [0.1, 0.15) is 11.4 Å². The Bertz CT molecular complexity index is 2090. The number of hydrogen-bond donors (Lipinski definition) is 0. The standard InChI is InChI=1S/C38H39F2N7O2/c1-4-10-34-30(22-41-47(34)36-20-32(40)37(49-3)21-31(36)39)38(48)44(2)28-15-17-29(18-16-28)46-24-27(42-43-46)23-45-33-14-9-8-13-26(33)19-35(45)25-11-6-5-7-12-25/h5-9,11-14,19-22,24,28-29H,4,10,15-18,23H2,1-3H3. The zero-order chi connectivity index (χ0) is 34.1. The number of methoxy groups -OCH3 is 1. The number of aromatic nitrogens is 6. The molecule has 0 radical (unpaired) electrons. The lowest BCUT2D eigenvalue weighted by molar-refractivity contribution is 0.0673. The van der Waals surface area contributed by atoms with Gasteiger partial charge in [-0.05, 0) is 49.8 Å². The van der Waals surface area contributed by atoms with Gasteiger partial charge in [0.05, 0.1) is 43.3 Å². The van der Waals surface area contributed by atoms with Crippen LogP contribution >= 0.6 is 0 Å². The Morgan fingerprint density at radius 2 is 1.73 bits per heavy atom. The van der Waals surface area contributed by atoms with E-state index in [0.717, 1.165) is 60.3 Å². The molecule has 0 atom stereocenters. The lowest BCUT2D eigenvalue weighted by atomic mass is 9.90. The largest absolute Gasteiger partial charge is 0.494 e. The summed E-state index contributed by atoms with van der Waals surface area (Å²) in [5.74, 6) is -1.75. The van der Waals surface area contributed by atoms with Crippen molar-refractivity contribution in [1.29, 1.82) is 0 Å². The summed E-state index contributed by atoms with van der Waals surface area (Å²) in [6.07, 6.45) is 8.01. The molecule has 0 spiro atoms. The van der Waals surface area contributed by atoms with Crippen molar-refractivity contribution in [1.82, 2.24) is 34.2 Å². The van der Waals surface area contributed by atoms with Crippen molar-refractivity contribution >= 4 is 16.8 Å². The van der Waals surface area contributed by atoms with Gasteiger partial charge in [0.25, 0.3) is 5.91 Å². The van der Waals surface area contributed by atoms with Crippen LogP contribution in [0.3, 0.4) is 0 Å². The van der Waals surface area contributed by atoms with Gasteiger partial charge in [-0.15, -0.1) is 5.10 Å². The fourth-order valence-corrected chi connectivity index (χ4v) is 7.10. The predicted octanol–water partition coefficient (Wildman–Crippen LogP) is 7.63. The molecule has 1 saturated carbocycles. The molecule has 3 aromatic carbocycles. The Morgan fingerprint density at radius 3 is 2.49 bits per heavy atom. The van der Waals surface area contributed by atoms with Crippen LogP contribution in [0.4, 0.5) is 8.78 Å². The SMILES string of the molecule is CCCc1c(C(=O)N(C)C2CCC(n3cc(Cn4c(-c5ccccc5)cc5ccccc54)nn3)CC2)cnn1-c1cc(F)c(OC)cc1F. The van der Waals surface area contributed by atoms with Gasteiger partial charge in [0.15, 0.2) is 17.4 Å². The average molecular weight is 664 g/mol. The van der Waals surface area contributed by atoms with E-state index in [-0.39, 0.29) is 29.4 Å². The van der Waals surface area contributed by atoms with Crippen LogP contribution < -0.4 is 4.74 Å². The Morgan fingerprint density at radius 1 is 0.980 bits per heavy atom. The minimum atomic E-state index is -0.701. The normalized spacial score (nSPS) is 16.3. The van der Waals surface area contributed by atoms with Crippen molar-refractivity contribution in [3.63, 3.8) is 0 Å². The van der Waals surface area contributed by atoms with Crippen LogP contribution in [0, 0.1) is 11.6 Å². The van der Waals surface area contributed by atoms with E-state index in [1.54, 1.807) is 4.90 Å². The quantitative estimate of drug-likeness (QED) is 0.151. The molecule has 1 amide bonds. The maximum atomic E-state index is 15.0. The van der Waals surface area contributed by atoms with Crippen LogP contribution in [0.2, 0.25) is 0 Å². The molecule has 3 aromatic heterocycles. The van der Waals surface area contributed by atoms with Crippen LogP contribution in [-0.2, 0) is 13.0 Å². The summed E-state index contributed by atoms with van der Waals surface area (Å²) in [6, 6.07) is 23.3. The van der Waals surface area contributed by atoms with Gasteiger partial charge >= 0.3 is 0 Å². The Kier molecular flexibility index (Phi) is 8.99. The molecule has 6 aromatic rings. The van der Waals surface area contributed by atoms with Gasteiger partial charge in [-0.2, -0.15) is 5.10 Å². The molecule has 1 fully saturated rings. The van der Waals surface area contributed by atoms with Crippen molar-refractivity contribution in [3.05, 3.63) is 114 Å². The van der Waals surface area contributed by atoms with Gasteiger partial charge < -0.3 is 14.2 Å². The van der Waals surface area contributed by atoms with Crippen LogP contribution in [0.5, 0.6) is 5.75 Å². The second-order valence-corrected chi connectivity index (χ2v) is 12.7. The topological polar surface area (TPSA) is 83.0 Å². The fourth-order valence-electron chi connectivity index (χ4n) is 7.10. The van der Waals surface area contributed by atoms with Gasteiger partial charge in [0.2, 0.25) is 0 Å². The first-order valence-electron chi connectivity index (χ1n) is 16.8. The van der Waals surface area contributed by atoms with Crippen LogP contribution in [0.25, 0.3) is 27.8 Å². The molecular weight excluding hydrogens is 624 g/mol. The van der Waals surface area contributed by atoms with Crippen molar-refractivity contribution < 1.29 is 18.3 Å². The minimum absolute atomic E-state index is 0.0272. The summed E-state index contributed by atoms with van der Waals surface area (Å²) in [4.78, 5) is 15.6. The van der Waals surface area contributed by atoms with Gasteiger partial charge in [-0.25, -0.2) is 18.1 Å². The molecule has 11 heteroatoms. The third-order valence-electron chi connectivity index (χ3n) is 9.70. The lowest BCUT2D eigenvalue weighted by Crippen LogP contribution is -2.40. The third kappa shape index (κ3) is 6.21. The molecule has 7 rings (SSSR count). The van der Waals surface area contributed by atoms with E-state index in [2.05, 4.69) is 80.8 Å². The van der Waals surface area contributed by atoms with Crippen molar-refractivity contribution in [2.75, 3.05) is 14.2 Å². The lowest BCUT2D eigenvalue weighted by Gasteiger charge is -2.34. The molecule has 0 aliphatic heterocycles. The summed E-state index contributed by atoms with van der Waals surface area (Å²) in [6.45, 7) is 2.57. The highest BCUT2D eigenvalue weighted by atomic mass is 19.1. The van der Waals surface area contributed by atoms with Crippen molar-refractivity contribution in [3.8, 4) is 22.7 Å². The Labute approximate surface area is 283 Å². The molecule has 0 saturated heterocycles. The highest BCUT2D eigenvalue weighted by Crippen LogP contribution is 2.33. The highest BCUT2D eigenvalue weighted by Gasteiger charge is 2.31. The van der Waals surface area contributed by atoms with Crippen LogP contribution in [0.1, 0.15) is 66.8 Å². The number of nitrogens with zero attached hydrogens (tertiary/aromatic N) is 7. The second-order valence-electron chi connectivity index (χ2n) is 12.7. The van der Waals surface area contributed by atoms with E-state index in [1.165, 1.54) is 23.4 Å². The van der Waals surface area contributed by atoms with E-state index < -0.39 is 11.6 Å². The van der Waals surface area contributed by atoms with E-state index >= 15 is 0 Å². The molecule has 252 valence electrons. The van der Waals surface area contributed by atoms with Gasteiger partial charge in [-0.1, -0.05) is 67.1 Å². The van der Waals surface area contributed by atoms with E-state index in [0.29, 0.717) is 30.6 Å². The average Bonchev–Trinajstić information content (AvgIpc) is 3.87. The zero-order valence-electron chi connectivity index (χ0n) is 27.9. The molecule has 49 heavy (non-hydrogen) atoms. The van der Waals surface area contributed by atoms with Gasteiger partial charge in [-0.3, -0.25) is 4.79 Å². The summed E-state index contributed by atoms with van der Waals surface area (Å²) >= 11 is 0. The number of rotatable bonds is 10. The number of benzene rings is 3. The summed E-state index contributed by atoms with van der Waals surface area (Å²) < 4.78 is 40.0. The van der Waals surface area contributed by atoms with E-state index in [4.69, 9.17) is 4.74 Å². The first-order chi connectivity index (χ1) is 23.9. The van der Waals surface area contributed by atoms with E-state index in [1.807, 2.05) is 24.7 Å². The predicted molar refractivity (Wildman–Crippen MR) is 184 cm³/mol. The minimum Gasteiger partial charge on any atom is -0.494 e. The molecule has 3 heterocycles. The van der Waals surface area contributed by atoms with Crippen molar-refractivity contribution in [2.45, 2.75) is 64.1 Å². The maximum absolute atomic E-state index is 15.0. The Hall–Kier alpha value is -5.32. The third-order valence-corrected chi connectivity index (χ3v) is 9.70. The second kappa shape index (κ2) is 13.7. The number of para-hydroxylation sites is 1. The van der Waals surface area contributed by atoms with Crippen LogP contribution in [-0.4, -0.2) is 60.3 Å². The number of fused-ring (bicyclic) bond motifs is 1. The summed E-state index contributed by atoms with van der Waals surface area (Å²) in [5.41, 5.74) is 5.22. The Balaban J connectivity index is 1.04. The number of ether oxygens (including phenoxy) is 1. The number of carbonyl (C=O) groups excluding carboxylic acids is 1. The van der Waals surface area contributed by atoms with Crippen molar-refractivity contribution in [2.24, 2.45) is 0 Å². The number of hydrogen-bond acceptors (Lipinski definition) is 5. The number of halogens is 2. The first-order valence-corrected chi connectivity index (χ1v) is 16.8. The van der Waals surface area contributed by atoms with Gasteiger partial charge in [0, 0.05) is 41.8 Å². The molecular formula is C38H39F2N7O2. The zero-order valence-corrected chi connectivity index (χ0v) is 27.9. The maximum Gasteiger partial charge on any atom is 0.257 e. The van der Waals surface area contributed by atoms with E-state index in [9.17, 15) is 13.6 Å².